The molecule has 1 aromatic carbocycles. The van der Waals surface area contributed by atoms with Gasteiger partial charge in [0.1, 0.15) is 0 Å². The third kappa shape index (κ3) is 5.40. The summed E-state index contributed by atoms with van der Waals surface area (Å²) in [5.74, 6) is -0.740. The highest BCUT2D eigenvalue weighted by molar-refractivity contribution is 6.35. The fraction of sp³-hybridized carbons (Fsp3) is 0.364. The number of nitrogens with zero attached hydrogens (tertiary/aromatic N) is 3. The zero-order chi connectivity index (χ0) is 20.8. The van der Waals surface area contributed by atoms with E-state index in [0.29, 0.717) is 44.2 Å². The summed E-state index contributed by atoms with van der Waals surface area (Å²) in [6.07, 6.45) is 1.67. The summed E-state index contributed by atoms with van der Waals surface area (Å²) in [6, 6.07) is 12.6. The second-order valence-corrected chi connectivity index (χ2v) is 7.58. The molecule has 3 rings (SSSR count). The minimum atomic E-state index is -0.508. The number of aromatic nitrogens is 1. The van der Waals surface area contributed by atoms with Crippen LogP contribution < -0.4 is 5.32 Å². The van der Waals surface area contributed by atoms with Crippen molar-refractivity contribution in [3.63, 3.8) is 0 Å². The predicted octanol–water partition coefficient (Wildman–Crippen LogP) is 1.84. The minimum absolute atomic E-state index is 0.111. The van der Waals surface area contributed by atoms with Gasteiger partial charge in [0, 0.05) is 37.9 Å². The molecule has 1 fully saturated rings. The van der Waals surface area contributed by atoms with Crippen LogP contribution in [0.25, 0.3) is 0 Å². The van der Waals surface area contributed by atoms with Crippen LogP contribution in [0.15, 0.2) is 48.7 Å². The Kier molecular flexibility index (Phi) is 6.59. The summed E-state index contributed by atoms with van der Waals surface area (Å²) in [5.41, 5.74) is 2.22. The van der Waals surface area contributed by atoms with Gasteiger partial charge in [-0.15, -0.1) is 0 Å². The number of amides is 3. The van der Waals surface area contributed by atoms with Crippen molar-refractivity contribution in [1.82, 2.24) is 20.1 Å². The molecule has 0 spiro atoms. The molecule has 152 valence electrons. The molecule has 0 radical (unpaired) electrons. The molecule has 2 aromatic rings. The molecule has 0 atom stereocenters. The van der Waals surface area contributed by atoms with Gasteiger partial charge in [0.2, 0.25) is 0 Å². The van der Waals surface area contributed by atoms with Crippen LogP contribution in [0.5, 0.6) is 0 Å². The van der Waals surface area contributed by atoms with E-state index in [4.69, 9.17) is 0 Å². The van der Waals surface area contributed by atoms with Crippen molar-refractivity contribution in [2.24, 2.45) is 5.92 Å². The summed E-state index contributed by atoms with van der Waals surface area (Å²) in [4.78, 5) is 44.4. The maximum atomic E-state index is 12.5. The summed E-state index contributed by atoms with van der Waals surface area (Å²) in [7, 11) is 0. The van der Waals surface area contributed by atoms with E-state index in [1.54, 1.807) is 23.2 Å². The lowest BCUT2D eigenvalue weighted by molar-refractivity contribution is -0.156. The van der Waals surface area contributed by atoms with E-state index < -0.39 is 11.8 Å². The van der Waals surface area contributed by atoms with Gasteiger partial charge in [0.05, 0.1) is 12.2 Å². The van der Waals surface area contributed by atoms with Crippen molar-refractivity contribution in [3.05, 3.63) is 65.5 Å². The van der Waals surface area contributed by atoms with Crippen molar-refractivity contribution in [2.45, 2.75) is 26.9 Å². The number of benzene rings is 1. The van der Waals surface area contributed by atoms with Crippen LogP contribution in [0, 0.1) is 5.92 Å². The van der Waals surface area contributed by atoms with E-state index in [9.17, 15) is 14.4 Å². The zero-order valence-electron chi connectivity index (χ0n) is 16.8. The normalized spacial score (nSPS) is 14.4. The second-order valence-electron chi connectivity index (χ2n) is 7.58. The Morgan fingerprint density at radius 2 is 1.66 bits per heavy atom. The van der Waals surface area contributed by atoms with E-state index in [2.05, 4.69) is 10.3 Å². The molecule has 1 aliphatic heterocycles. The van der Waals surface area contributed by atoms with Crippen LogP contribution >= 0.6 is 0 Å². The Morgan fingerprint density at radius 1 is 1.00 bits per heavy atom. The highest BCUT2D eigenvalue weighted by Crippen LogP contribution is 2.14. The van der Waals surface area contributed by atoms with Crippen molar-refractivity contribution >= 4 is 17.7 Å². The highest BCUT2D eigenvalue weighted by atomic mass is 16.2. The second kappa shape index (κ2) is 9.32. The predicted molar refractivity (Wildman–Crippen MR) is 109 cm³/mol. The number of pyridine rings is 1. The lowest BCUT2D eigenvalue weighted by Crippen LogP contribution is -2.53. The molecule has 1 aromatic heterocycles. The Hall–Kier alpha value is -3.22. The number of rotatable bonds is 7. The largest absolute Gasteiger partial charge is 0.352 e. The van der Waals surface area contributed by atoms with Crippen LogP contribution in [-0.4, -0.2) is 52.1 Å². The monoisotopic (exact) mass is 394 g/mol. The Bertz CT molecular complexity index is 865. The molecule has 1 N–H and O–H groups in total. The highest BCUT2D eigenvalue weighted by Gasteiger charge is 2.32. The van der Waals surface area contributed by atoms with Gasteiger partial charge >= 0.3 is 11.8 Å². The van der Waals surface area contributed by atoms with Gasteiger partial charge in [-0.2, -0.15) is 0 Å². The molecule has 3 amide bonds. The van der Waals surface area contributed by atoms with E-state index in [1.165, 1.54) is 4.90 Å². The van der Waals surface area contributed by atoms with E-state index in [-0.39, 0.29) is 5.91 Å². The number of carbonyl (C=O) groups excluding carboxylic acids is 3. The summed E-state index contributed by atoms with van der Waals surface area (Å²) in [6.45, 7) is 6.32. The van der Waals surface area contributed by atoms with Crippen molar-refractivity contribution < 1.29 is 14.4 Å². The average Bonchev–Trinajstić information content (AvgIpc) is 2.73. The average molecular weight is 394 g/mol. The Morgan fingerprint density at radius 3 is 2.24 bits per heavy atom. The Labute approximate surface area is 170 Å². The molecular weight excluding hydrogens is 368 g/mol. The standard InChI is InChI=1S/C22H26N4O3/c1-16(2)13-24-20(27)18-8-6-17(7-9-18)14-25-11-12-26(22(29)21(25)28)15-19-5-3-4-10-23-19/h3-10,16H,11-15H2,1-2H3,(H,24,27). The van der Waals surface area contributed by atoms with Crippen LogP contribution in [0.1, 0.15) is 35.5 Å². The molecule has 29 heavy (non-hydrogen) atoms. The molecule has 0 aliphatic carbocycles. The molecular formula is C22H26N4O3. The van der Waals surface area contributed by atoms with Gasteiger partial charge in [-0.25, -0.2) is 0 Å². The summed E-state index contributed by atoms with van der Waals surface area (Å²) >= 11 is 0. The quantitative estimate of drug-likeness (QED) is 0.727. The molecule has 0 unspecified atom stereocenters. The van der Waals surface area contributed by atoms with Gasteiger partial charge in [-0.05, 0) is 35.7 Å². The van der Waals surface area contributed by atoms with Crippen LogP contribution in [0.3, 0.4) is 0 Å². The van der Waals surface area contributed by atoms with E-state index in [0.717, 1.165) is 11.3 Å². The maximum Gasteiger partial charge on any atom is 0.312 e. The van der Waals surface area contributed by atoms with Crippen molar-refractivity contribution in [2.75, 3.05) is 19.6 Å². The van der Waals surface area contributed by atoms with Gasteiger partial charge in [0.25, 0.3) is 5.91 Å². The fourth-order valence-electron chi connectivity index (χ4n) is 3.08. The molecule has 1 saturated heterocycles. The lowest BCUT2D eigenvalue weighted by Gasteiger charge is -2.33. The van der Waals surface area contributed by atoms with Gasteiger partial charge in [0.15, 0.2) is 0 Å². The lowest BCUT2D eigenvalue weighted by atomic mass is 10.1. The Balaban J connectivity index is 1.56. The van der Waals surface area contributed by atoms with Gasteiger partial charge < -0.3 is 15.1 Å². The maximum absolute atomic E-state index is 12.5. The SMILES string of the molecule is CC(C)CNC(=O)c1ccc(CN2CCN(Cc3ccccn3)C(=O)C2=O)cc1. The third-order valence-electron chi connectivity index (χ3n) is 4.74. The third-order valence-corrected chi connectivity index (χ3v) is 4.74. The first-order valence-corrected chi connectivity index (χ1v) is 9.79. The van der Waals surface area contributed by atoms with Crippen LogP contribution in [-0.2, 0) is 22.7 Å². The molecule has 1 aliphatic rings. The number of nitrogens with one attached hydrogen (secondary N) is 1. The smallest absolute Gasteiger partial charge is 0.312 e. The van der Waals surface area contributed by atoms with E-state index >= 15 is 0 Å². The molecule has 7 nitrogen and oxygen atoms in total. The van der Waals surface area contributed by atoms with E-state index in [1.807, 2.05) is 44.2 Å². The van der Waals surface area contributed by atoms with Crippen LogP contribution in [0.2, 0.25) is 0 Å². The summed E-state index contributed by atoms with van der Waals surface area (Å²) in [5, 5.41) is 2.88. The fourth-order valence-corrected chi connectivity index (χ4v) is 3.08. The molecule has 0 saturated carbocycles. The first kappa shape index (κ1) is 20.5. The van der Waals surface area contributed by atoms with Crippen molar-refractivity contribution in [1.29, 1.82) is 0 Å². The number of carbonyl (C=O) groups is 3. The first-order chi connectivity index (χ1) is 13.9. The number of hydrogen-bond donors (Lipinski definition) is 1. The van der Waals surface area contributed by atoms with Crippen molar-refractivity contribution in [3.8, 4) is 0 Å². The minimum Gasteiger partial charge on any atom is -0.352 e. The number of hydrogen-bond acceptors (Lipinski definition) is 4. The van der Waals surface area contributed by atoms with Gasteiger partial charge in [-0.1, -0.05) is 32.0 Å². The molecule has 0 bridgehead atoms. The molecule has 2 heterocycles. The number of piperazine rings is 1. The zero-order valence-corrected chi connectivity index (χ0v) is 16.8. The van der Waals surface area contributed by atoms with Crippen LogP contribution in [0.4, 0.5) is 0 Å². The summed E-state index contributed by atoms with van der Waals surface area (Å²) < 4.78 is 0. The topological polar surface area (TPSA) is 82.6 Å². The molecule has 7 heteroatoms. The van der Waals surface area contributed by atoms with Gasteiger partial charge in [-0.3, -0.25) is 19.4 Å². The first-order valence-electron chi connectivity index (χ1n) is 9.79.